The van der Waals surface area contributed by atoms with Gasteiger partial charge >= 0.3 is 0 Å². The molecule has 2 aliphatic rings. The molecule has 1 heterocycles. The Balaban J connectivity index is 1.68. The first-order valence-corrected chi connectivity index (χ1v) is 7.49. The van der Waals surface area contributed by atoms with Crippen LogP contribution < -0.4 is 5.73 Å². The molecular weight excluding hydrogens is 250 g/mol. The summed E-state index contributed by atoms with van der Waals surface area (Å²) in [6.07, 6.45) is 3.54. The van der Waals surface area contributed by atoms with Crippen molar-refractivity contribution in [1.29, 1.82) is 5.41 Å². The van der Waals surface area contributed by atoms with Crippen LogP contribution in [0.25, 0.3) is 0 Å². The molecule has 4 heteroatoms. The van der Waals surface area contributed by atoms with Crippen LogP contribution >= 0.6 is 0 Å². The second-order valence-electron chi connectivity index (χ2n) is 5.86. The highest BCUT2D eigenvalue weighted by molar-refractivity contribution is 5.82. The Kier molecular flexibility index (Phi) is 4.03. The van der Waals surface area contributed by atoms with Crippen molar-refractivity contribution in [2.24, 2.45) is 5.73 Å². The average molecular weight is 273 g/mol. The highest BCUT2D eigenvalue weighted by Gasteiger charge is 2.27. The molecule has 3 rings (SSSR count). The van der Waals surface area contributed by atoms with Gasteiger partial charge in [-0.05, 0) is 36.3 Å². The van der Waals surface area contributed by atoms with E-state index in [0.29, 0.717) is 12.5 Å². The van der Waals surface area contributed by atoms with Gasteiger partial charge in [0, 0.05) is 19.6 Å². The molecule has 0 bridgehead atoms. The molecule has 108 valence electrons. The third kappa shape index (κ3) is 2.86. The molecule has 1 aromatic carbocycles. The molecular formula is C16H23N3O. The molecule has 1 aromatic rings. The van der Waals surface area contributed by atoms with Gasteiger partial charge in [-0.1, -0.05) is 24.3 Å². The largest absolute Gasteiger partial charge is 0.385 e. The van der Waals surface area contributed by atoms with Gasteiger partial charge < -0.3 is 10.5 Å². The summed E-state index contributed by atoms with van der Waals surface area (Å²) in [6, 6.07) is 8.83. The van der Waals surface area contributed by atoms with E-state index in [1.54, 1.807) is 0 Å². The SMILES string of the molecule is N=C(N)C1CN(CC2CCCc3ccccc32)CCO1. The quantitative estimate of drug-likeness (QED) is 0.651. The molecule has 1 aliphatic carbocycles. The summed E-state index contributed by atoms with van der Waals surface area (Å²) in [7, 11) is 0. The van der Waals surface area contributed by atoms with Crippen molar-refractivity contribution in [3.8, 4) is 0 Å². The zero-order chi connectivity index (χ0) is 13.9. The zero-order valence-corrected chi connectivity index (χ0v) is 11.8. The lowest BCUT2D eigenvalue weighted by Crippen LogP contribution is -2.49. The molecule has 0 amide bonds. The van der Waals surface area contributed by atoms with Crippen molar-refractivity contribution in [2.45, 2.75) is 31.3 Å². The molecule has 1 fully saturated rings. The highest BCUT2D eigenvalue weighted by atomic mass is 16.5. The molecule has 1 saturated heterocycles. The number of fused-ring (bicyclic) bond motifs is 1. The lowest BCUT2D eigenvalue weighted by atomic mass is 9.82. The summed E-state index contributed by atoms with van der Waals surface area (Å²) >= 11 is 0. The third-order valence-electron chi connectivity index (χ3n) is 4.47. The number of ether oxygens (including phenoxy) is 1. The summed E-state index contributed by atoms with van der Waals surface area (Å²) < 4.78 is 5.54. The van der Waals surface area contributed by atoms with Gasteiger partial charge in [-0.2, -0.15) is 0 Å². The number of hydrogen-bond donors (Lipinski definition) is 2. The number of nitrogens with zero attached hydrogens (tertiary/aromatic N) is 1. The van der Waals surface area contributed by atoms with Gasteiger partial charge in [0.2, 0.25) is 0 Å². The number of nitrogens with one attached hydrogen (secondary N) is 1. The Bertz CT molecular complexity index is 488. The fourth-order valence-corrected chi connectivity index (χ4v) is 3.41. The molecule has 2 unspecified atom stereocenters. The molecule has 0 aromatic heterocycles. The summed E-state index contributed by atoms with van der Waals surface area (Å²) in [5.74, 6) is 0.768. The highest BCUT2D eigenvalue weighted by Crippen LogP contribution is 2.32. The average Bonchev–Trinajstić information content (AvgIpc) is 2.48. The fourth-order valence-electron chi connectivity index (χ4n) is 3.41. The third-order valence-corrected chi connectivity index (χ3v) is 4.47. The van der Waals surface area contributed by atoms with Gasteiger partial charge in [-0.3, -0.25) is 10.3 Å². The van der Waals surface area contributed by atoms with E-state index in [0.717, 1.165) is 19.6 Å². The van der Waals surface area contributed by atoms with Crippen molar-refractivity contribution in [3.05, 3.63) is 35.4 Å². The van der Waals surface area contributed by atoms with E-state index in [9.17, 15) is 0 Å². The molecule has 0 radical (unpaired) electrons. The monoisotopic (exact) mass is 273 g/mol. The van der Waals surface area contributed by atoms with Crippen molar-refractivity contribution in [2.75, 3.05) is 26.2 Å². The number of amidine groups is 1. The minimum atomic E-state index is -0.220. The lowest BCUT2D eigenvalue weighted by Gasteiger charge is -2.36. The van der Waals surface area contributed by atoms with Gasteiger partial charge in [-0.15, -0.1) is 0 Å². The number of benzene rings is 1. The number of rotatable bonds is 3. The molecule has 0 spiro atoms. The maximum atomic E-state index is 7.54. The molecule has 0 saturated carbocycles. The van der Waals surface area contributed by atoms with Crippen LogP contribution in [0.3, 0.4) is 0 Å². The van der Waals surface area contributed by atoms with Gasteiger partial charge in [0.1, 0.15) is 11.9 Å². The van der Waals surface area contributed by atoms with E-state index in [-0.39, 0.29) is 11.9 Å². The molecule has 4 nitrogen and oxygen atoms in total. The van der Waals surface area contributed by atoms with Gasteiger partial charge in [0.25, 0.3) is 0 Å². The van der Waals surface area contributed by atoms with Crippen molar-refractivity contribution < 1.29 is 4.74 Å². The normalized spacial score (nSPS) is 27.0. The molecule has 2 atom stereocenters. The first kappa shape index (κ1) is 13.6. The predicted molar refractivity (Wildman–Crippen MR) is 80.2 cm³/mol. The second-order valence-corrected chi connectivity index (χ2v) is 5.86. The number of nitrogens with two attached hydrogens (primary N) is 1. The number of morpholine rings is 1. The topological polar surface area (TPSA) is 62.3 Å². The van der Waals surface area contributed by atoms with E-state index >= 15 is 0 Å². The first-order valence-electron chi connectivity index (χ1n) is 7.49. The van der Waals surface area contributed by atoms with E-state index in [4.69, 9.17) is 15.9 Å². The van der Waals surface area contributed by atoms with Crippen LogP contribution in [0.15, 0.2) is 24.3 Å². The van der Waals surface area contributed by atoms with Crippen LogP contribution in [0.1, 0.15) is 29.9 Å². The Morgan fingerprint density at radius 1 is 1.40 bits per heavy atom. The molecule has 1 aliphatic heterocycles. The van der Waals surface area contributed by atoms with Crippen LogP contribution in [-0.4, -0.2) is 43.1 Å². The Labute approximate surface area is 120 Å². The van der Waals surface area contributed by atoms with Crippen molar-refractivity contribution in [3.63, 3.8) is 0 Å². The van der Waals surface area contributed by atoms with Crippen molar-refractivity contribution in [1.82, 2.24) is 4.90 Å². The van der Waals surface area contributed by atoms with E-state index in [2.05, 4.69) is 29.2 Å². The Morgan fingerprint density at radius 2 is 2.25 bits per heavy atom. The van der Waals surface area contributed by atoms with Gasteiger partial charge in [0.05, 0.1) is 6.61 Å². The van der Waals surface area contributed by atoms with E-state index in [1.165, 1.54) is 30.4 Å². The van der Waals surface area contributed by atoms with Crippen LogP contribution in [0, 0.1) is 5.41 Å². The maximum absolute atomic E-state index is 7.54. The standard InChI is InChI=1S/C16H23N3O/c17-16(18)15-11-19(8-9-20-15)10-13-6-3-5-12-4-1-2-7-14(12)13/h1-2,4,7,13,15H,3,5-6,8-11H2,(H3,17,18). The van der Waals surface area contributed by atoms with Crippen molar-refractivity contribution >= 4 is 5.84 Å². The van der Waals surface area contributed by atoms with E-state index in [1.807, 2.05) is 0 Å². The molecule has 3 N–H and O–H groups in total. The predicted octanol–water partition coefficient (Wildman–Crippen LogP) is 1.74. The van der Waals surface area contributed by atoms with Crippen LogP contribution in [0.4, 0.5) is 0 Å². The van der Waals surface area contributed by atoms with Gasteiger partial charge in [0.15, 0.2) is 0 Å². The minimum Gasteiger partial charge on any atom is -0.385 e. The number of aryl methyl sites for hydroxylation is 1. The second kappa shape index (κ2) is 5.94. The maximum Gasteiger partial charge on any atom is 0.127 e. The Morgan fingerprint density at radius 3 is 3.10 bits per heavy atom. The van der Waals surface area contributed by atoms with Gasteiger partial charge in [-0.25, -0.2) is 0 Å². The Hall–Kier alpha value is -1.39. The summed E-state index contributed by atoms with van der Waals surface area (Å²) in [4.78, 5) is 2.41. The smallest absolute Gasteiger partial charge is 0.127 e. The molecule has 20 heavy (non-hydrogen) atoms. The minimum absolute atomic E-state index is 0.152. The van der Waals surface area contributed by atoms with Crippen LogP contribution in [-0.2, 0) is 11.2 Å². The first-order chi connectivity index (χ1) is 9.74. The fraction of sp³-hybridized carbons (Fsp3) is 0.562. The summed E-state index contributed by atoms with van der Waals surface area (Å²) in [5.41, 5.74) is 8.60. The van der Waals surface area contributed by atoms with E-state index < -0.39 is 0 Å². The number of hydrogen-bond acceptors (Lipinski definition) is 3. The lowest BCUT2D eigenvalue weighted by molar-refractivity contribution is 0.00282. The summed E-state index contributed by atoms with van der Waals surface area (Å²) in [5, 5.41) is 7.54. The summed E-state index contributed by atoms with van der Waals surface area (Å²) in [6.45, 7) is 3.44. The van der Waals surface area contributed by atoms with Crippen LogP contribution in [0.5, 0.6) is 0 Å². The zero-order valence-electron chi connectivity index (χ0n) is 11.8. The van der Waals surface area contributed by atoms with Crippen LogP contribution in [0.2, 0.25) is 0 Å².